The minimum atomic E-state index is 1.03. The van der Waals surface area contributed by atoms with E-state index < -0.39 is 0 Å². The fraction of sp³-hybridized carbons (Fsp3) is 1.00. The average molecular weight is 183 g/mol. The van der Waals surface area contributed by atoms with E-state index in [1.165, 1.54) is 64.8 Å². The van der Waals surface area contributed by atoms with Gasteiger partial charge < -0.3 is 5.32 Å². The molecular weight excluding hydrogens is 160 g/mol. The molecule has 0 bridgehead atoms. The van der Waals surface area contributed by atoms with Crippen LogP contribution in [0, 0.1) is 5.92 Å². The molecule has 2 heteroatoms. The zero-order chi connectivity index (χ0) is 8.93. The van der Waals surface area contributed by atoms with Gasteiger partial charge >= 0.3 is 0 Å². The monoisotopic (exact) mass is 183 g/mol. The molecule has 2 fully saturated rings. The Morgan fingerprint density at radius 3 is 2.38 bits per heavy atom. The molecule has 1 saturated heterocycles. The SMILES string of the molecule is C1CCC(CN2CC[NH2+]CC2)CC1. The van der Waals surface area contributed by atoms with Crippen molar-refractivity contribution in [3.8, 4) is 0 Å². The molecule has 2 rings (SSSR count). The Balaban J connectivity index is 1.69. The molecular formula is C11H23N2+. The topological polar surface area (TPSA) is 19.9 Å². The first kappa shape index (κ1) is 9.47. The second kappa shape index (κ2) is 4.97. The van der Waals surface area contributed by atoms with E-state index in [2.05, 4.69) is 10.2 Å². The van der Waals surface area contributed by atoms with Crippen LogP contribution in [-0.4, -0.2) is 37.6 Å². The first-order chi connectivity index (χ1) is 6.45. The zero-order valence-corrected chi connectivity index (χ0v) is 8.67. The highest BCUT2D eigenvalue weighted by Gasteiger charge is 2.19. The summed E-state index contributed by atoms with van der Waals surface area (Å²) >= 11 is 0. The van der Waals surface area contributed by atoms with Crippen molar-refractivity contribution in [2.45, 2.75) is 32.1 Å². The Morgan fingerprint density at radius 2 is 1.69 bits per heavy atom. The maximum Gasteiger partial charge on any atom is 0.0885 e. The Labute approximate surface area is 81.7 Å². The van der Waals surface area contributed by atoms with E-state index in [1.807, 2.05) is 0 Å². The number of nitrogens with zero attached hydrogens (tertiary/aromatic N) is 1. The van der Waals surface area contributed by atoms with E-state index in [9.17, 15) is 0 Å². The summed E-state index contributed by atoms with van der Waals surface area (Å²) in [4.78, 5) is 2.68. The summed E-state index contributed by atoms with van der Waals surface area (Å²) in [6, 6.07) is 0. The summed E-state index contributed by atoms with van der Waals surface area (Å²) in [6.07, 6.45) is 7.47. The van der Waals surface area contributed by atoms with Crippen molar-refractivity contribution in [1.29, 1.82) is 0 Å². The Hall–Kier alpha value is -0.0800. The van der Waals surface area contributed by atoms with Crippen LogP contribution >= 0.6 is 0 Å². The van der Waals surface area contributed by atoms with Crippen molar-refractivity contribution in [1.82, 2.24) is 4.90 Å². The van der Waals surface area contributed by atoms with Crippen molar-refractivity contribution in [2.75, 3.05) is 32.7 Å². The molecule has 13 heavy (non-hydrogen) atoms. The highest BCUT2D eigenvalue weighted by Crippen LogP contribution is 2.24. The van der Waals surface area contributed by atoms with E-state index in [4.69, 9.17) is 0 Å². The molecule has 1 aliphatic heterocycles. The molecule has 0 aromatic heterocycles. The van der Waals surface area contributed by atoms with Crippen LogP contribution in [0.1, 0.15) is 32.1 Å². The summed E-state index contributed by atoms with van der Waals surface area (Å²) in [6.45, 7) is 6.71. The molecule has 76 valence electrons. The highest BCUT2D eigenvalue weighted by atomic mass is 15.2. The maximum absolute atomic E-state index is 2.68. The lowest BCUT2D eigenvalue weighted by atomic mass is 9.89. The van der Waals surface area contributed by atoms with Crippen molar-refractivity contribution >= 4 is 0 Å². The van der Waals surface area contributed by atoms with Gasteiger partial charge in [0.2, 0.25) is 0 Å². The minimum Gasteiger partial charge on any atom is -0.344 e. The summed E-state index contributed by atoms with van der Waals surface area (Å²) in [5.74, 6) is 1.03. The molecule has 1 aliphatic carbocycles. The van der Waals surface area contributed by atoms with Gasteiger partial charge in [0, 0.05) is 19.6 Å². The van der Waals surface area contributed by atoms with Crippen LogP contribution in [0.25, 0.3) is 0 Å². The van der Waals surface area contributed by atoms with Crippen LogP contribution in [0.5, 0.6) is 0 Å². The molecule has 0 aromatic carbocycles. The lowest BCUT2D eigenvalue weighted by Crippen LogP contribution is -2.89. The van der Waals surface area contributed by atoms with E-state index in [1.54, 1.807) is 0 Å². The third kappa shape index (κ3) is 2.96. The third-order valence-electron chi connectivity index (χ3n) is 3.54. The molecule has 1 saturated carbocycles. The normalized spacial score (nSPS) is 27.7. The molecule has 2 N–H and O–H groups in total. The summed E-state index contributed by atoms with van der Waals surface area (Å²) in [7, 11) is 0. The molecule has 0 radical (unpaired) electrons. The first-order valence-corrected chi connectivity index (χ1v) is 5.99. The van der Waals surface area contributed by atoms with Crippen LogP contribution in [0.2, 0.25) is 0 Å². The lowest BCUT2D eigenvalue weighted by molar-refractivity contribution is -0.663. The number of hydrogen-bond acceptors (Lipinski definition) is 1. The average Bonchev–Trinajstić information content (AvgIpc) is 2.21. The molecule has 0 aromatic rings. The van der Waals surface area contributed by atoms with Gasteiger partial charge in [-0.3, -0.25) is 4.90 Å². The maximum atomic E-state index is 2.68. The van der Waals surface area contributed by atoms with Crippen molar-refractivity contribution in [2.24, 2.45) is 5.92 Å². The molecule has 2 aliphatic rings. The molecule has 2 nitrogen and oxygen atoms in total. The van der Waals surface area contributed by atoms with Gasteiger partial charge in [-0.25, -0.2) is 0 Å². The number of rotatable bonds is 2. The smallest absolute Gasteiger partial charge is 0.0885 e. The predicted molar refractivity (Wildman–Crippen MR) is 54.7 cm³/mol. The van der Waals surface area contributed by atoms with E-state index in [0.29, 0.717) is 0 Å². The number of nitrogens with two attached hydrogens (primary N) is 1. The lowest BCUT2D eigenvalue weighted by Gasteiger charge is -2.31. The molecule has 0 unspecified atom stereocenters. The van der Waals surface area contributed by atoms with Gasteiger partial charge in [0.25, 0.3) is 0 Å². The Morgan fingerprint density at radius 1 is 1.00 bits per heavy atom. The van der Waals surface area contributed by atoms with Gasteiger partial charge in [-0.15, -0.1) is 0 Å². The van der Waals surface area contributed by atoms with E-state index in [-0.39, 0.29) is 0 Å². The number of hydrogen-bond donors (Lipinski definition) is 1. The quantitative estimate of drug-likeness (QED) is 0.659. The Kier molecular flexibility index (Phi) is 3.62. The fourth-order valence-corrected chi connectivity index (χ4v) is 2.72. The van der Waals surface area contributed by atoms with Gasteiger partial charge in [0.15, 0.2) is 0 Å². The van der Waals surface area contributed by atoms with E-state index >= 15 is 0 Å². The molecule has 0 atom stereocenters. The van der Waals surface area contributed by atoms with Crippen molar-refractivity contribution < 1.29 is 5.32 Å². The largest absolute Gasteiger partial charge is 0.344 e. The summed E-state index contributed by atoms with van der Waals surface area (Å²) in [5.41, 5.74) is 0. The van der Waals surface area contributed by atoms with Gasteiger partial charge in [-0.2, -0.15) is 0 Å². The standard InChI is InChI=1S/C11H22N2/c1-2-4-11(5-3-1)10-13-8-6-12-7-9-13/h11-12H,1-10H2/p+1. The van der Waals surface area contributed by atoms with Gasteiger partial charge in [0.1, 0.15) is 0 Å². The fourth-order valence-electron chi connectivity index (χ4n) is 2.72. The molecule has 0 spiro atoms. The number of piperazine rings is 1. The van der Waals surface area contributed by atoms with Crippen molar-refractivity contribution in [3.63, 3.8) is 0 Å². The first-order valence-electron chi connectivity index (χ1n) is 5.99. The second-order valence-corrected chi connectivity index (χ2v) is 4.67. The minimum absolute atomic E-state index is 1.03. The van der Waals surface area contributed by atoms with Gasteiger partial charge in [-0.1, -0.05) is 19.3 Å². The van der Waals surface area contributed by atoms with Crippen LogP contribution in [0.3, 0.4) is 0 Å². The highest BCUT2D eigenvalue weighted by molar-refractivity contribution is 4.71. The summed E-state index contributed by atoms with van der Waals surface area (Å²) < 4.78 is 0. The third-order valence-corrected chi connectivity index (χ3v) is 3.54. The van der Waals surface area contributed by atoms with Crippen LogP contribution in [0.15, 0.2) is 0 Å². The van der Waals surface area contributed by atoms with E-state index in [0.717, 1.165) is 5.92 Å². The molecule has 0 amide bonds. The van der Waals surface area contributed by atoms with Crippen LogP contribution in [-0.2, 0) is 0 Å². The number of quaternary nitrogens is 1. The van der Waals surface area contributed by atoms with Crippen molar-refractivity contribution in [3.05, 3.63) is 0 Å². The van der Waals surface area contributed by atoms with Crippen LogP contribution in [0.4, 0.5) is 0 Å². The van der Waals surface area contributed by atoms with Crippen LogP contribution < -0.4 is 5.32 Å². The second-order valence-electron chi connectivity index (χ2n) is 4.67. The van der Waals surface area contributed by atoms with Gasteiger partial charge in [-0.05, 0) is 18.8 Å². The van der Waals surface area contributed by atoms with Gasteiger partial charge in [0.05, 0.1) is 13.1 Å². The predicted octanol–water partition coefficient (Wildman–Crippen LogP) is 0.446. The summed E-state index contributed by atoms with van der Waals surface area (Å²) in [5, 5.41) is 2.44. The Bertz CT molecular complexity index is 119. The zero-order valence-electron chi connectivity index (χ0n) is 8.67. The molecule has 1 heterocycles.